The fourth-order valence-corrected chi connectivity index (χ4v) is 2.17. The Bertz CT molecular complexity index is 441. The van der Waals surface area contributed by atoms with E-state index < -0.39 is 0 Å². The van der Waals surface area contributed by atoms with Crippen LogP contribution in [0.3, 0.4) is 0 Å². The second-order valence-electron chi connectivity index (χ2n) is 4.24. The number of nitrogens with zero attached hydrogens (tertiary/aromatic N) is 2. The number of imidazole rings is 1. The van der Waals surface area contributed by atoms with Crippen LogP contribution in [0.5, 0.6) is 0 Å². The lowest BCUT2D eigenvalue weighted by Gasteiger charge is -2.22. The molecule has 0 amide bonds. The molecule has 4 heteroatoms. The summed E-state index contributed by atoms with van der Waals surface area (Å²) in [4.78, 5) is 6.17. The monoisotopic (exact) mass is 218 g/mol. The highest BCUT2D eigenvalue weighted by Gasteiger charge is 2.15. The van der Waals surface area contributed by atoms with E-state index in [0.29, 0.717) is 0 Å². The number of nitrogens with one attached hydrogen (secondary N) is 1. The number of morpholine rings is 1. The Morgan fingerprint density at radius 1 is 1.31 bits per heavy atom. The molecular formula is C12H16N3O+. The van der Waals surface area contributed by atoms with Crippen LogP contribution in [-0.4, -0.2) is 35.7 Å². The third-order valence-corrected chi connectivity index (χ3v) is 3.04. The van der Waals surface area contributed by atoms with Gasteiger partial charge in [-0.3, -0.25) is 0 Å². The summed E-state index contributed by atoms with van der Waals surface area (Å²) in [5.74, 6) is 0. The van der Waals surface area contributed by atoms with Gasteiger partial charge in [-0.15, -0.1) is 0 Å². The molecule has 4 nitrogen and oxygen atoms in total. The fourth-order valence-electron chi connectivity index (χ4n) is 2.17. The molecular weight excluding hydrogens is 202 g/mol. The number of hydrogen-bond donors (Lipinski definition) is 1. The van der Waals surface area contributed by atoms with Gasteiger partial charge < -0.3 is 14.0 Å². The third kappa shape index (κ3) is 1.94. The second-order valence-corrected chi connectivity index (χ2v) is 4.24. The number of ether oxygens (including phenoxy) is 1. The molecule has 2 aromatic rings. The lowest BCUT2D eigenvalue weighted by Crippen LogP contribution is -3.12. The molecule has 0 aromatic carbocycles. The Hall–Kier alpha value is -1.39. The second kappa shape index (κ2) is 4.23. The van der Waals surface area contributed by atoms with Crippen LogP contribution in [-0.2, 0) is 11.3 Å². The van der Waals surface area contributed by atoms with Crippen molar-refractivity contribution in [3.63, 3.8) is 0 Å². The van der Waals surface area contributed by atoms with Gasteiger partial charge in [-0.05, 0) is 12.1 Å². The van der Waals surface area contributed by atoms with Crippen molar-refractivity contribution in [3.8, 4) is 0 Å². The minimum atomic E-state index is 0.878. The van der Waals surface area contributed by atoms with Crippen LogP contribution < -0.4 is 4.90 Å². The van der Waals surface area contributed by atoms with Crippen LogP contribution in [0.4, 0.5) is 0 Å². The summed E-state index contributed by atoms with van der Waals surface area (Å²) < 4.78 is 7.43. The molecule has 0 bridgehead atoms. The highest BCUT2D eigenvalue weighted by Crippen LogP contribution is 2.03. The average molecular weight is 218 g/mol. The predicted octanol–water partition coefficient (Wildman–Crippen LogP) is -0.251. The maximum absolute atomic E-state index is 5.35. The summed E-state index contributed by atoms with van der Waals surface area (Å²) >= 11 is 0. The van der Waals surface area contributed by atoms with Gasteiger partial charge in [-0.2, -0.15) is 0 Å². The van der Waals surface area contributed by atoms with E-state index in [9.17, 15) is 0 Å². The molecule has 1 aliphatic rings. The Kier molecular flexibility index (Phi) is 2.60. The van der Waals surface area contributed by atoms with Crippen molar-refractivity contribution in [2.75, 3.05) is 26.3 Å². The van der Waals surface area contributed by atoms with Crippen molar-refractivity contribution < 1.29 is 9.64 Å². The number of aromatic nitrogens is 2. The molecule has 1 aliphatic heterocycles. The van der Waals surface area contributed by atoms with Crippen molar-refractivity contribution in [1.82, 2.24) is 9.38 Å². The zero-order valence-corrected chi connectivity index (χ0v) is 9.22. The molecule has 1 fully saturated rings. The number of fused-ring (bicyclic) bond motifs is 1. The molecule has 0 saturated carbocycles. The van der Waals surface area contributed by atoms with Crippen molar-refractivity contribution in [2.45, 2.75) is 6.54 Å². The van der Waals surface area contributed by atoms with Crippen LogP contribution in [0.1, 0.15) is 5.69 Å². The average Bonchev–Trinajstić information content (AvgIpc) is 2.72. The third-order valence-electron chi connectivity index (χ3n) is 3.04. The van der Waals surface area contributed by atoms with Crippen LogP contribution >= 0.6 is 0 Å². The lowest BCUT2D eigenvalue weighted by atomic mass is 10.3. The van der Waals surface area contributed by atoms with E-state index in [1.165, 1.54) is 5.69 Å². The minimum Gasteiger partial charge on any atom is -0.370 e. The van der Waals surface area contributed by atoms with Gasteiger partial charge in [0.2, 0.25) is 0 Å². The molecule has 0 unspecified atom stereocenters. The number of hydrogen-bond acceptors (Lipinski definition) is 2. The number of rotatable bonds is 2. The normalized spacial score (nSPS) is 18.0. The van der Waals surface area contributed by atoms with Crippen molar-refractivity contribution in [3.05, 3.63) is 36.3 Å². The van der Waals surface area contributed by atoms with Crippen molar-refractivity contribution >= 4 is 5.65 Å². The summed E-state index contributed by atoms with van der Waals surface area (Å²) in [6.07, 6.45) is 4.16. The van der Waals surface area contributed by atoms with Gasteiger partial charge in [0, 0.05) is 12.4 Å². The molecule has 1 N–H and O–H groups in total. The molecule has 84 valence electrons. The van der Waals surface area contributed by atoms with Gasteiger partial charge in [0.15, 0.2) is 0 Å². The molecule has 2 aromatic heterocycles. The van der Waals surface area contributed by atoms with Crippen molar-refractivity contribution in [1.29, 1.82) is 0 Å². The van der Waals surface area contributed by atoms with E-state index in [1.54, 1.807) is 4.90 Å². The largest absolute Gasteiger partial charge is 0.370 e. The molecule has 3 heterocycles. The molecule has 1 saturated heterocycles. The fraction of sp³-hybridized carbons (Fsp3) is 0.417. The first kappa shape index (κ1) is 9.81. The zero-order valence-electron chi connectivity index (χ0n) is 9.22. The Labute approximate surface area is 94.5 Å². The highest BCUT2D eigenvalue weighted by atomic mass is 16.5. The highest BCUT2D eigenvalue weighted by molar-refractivity contribution is 5.39. The van der Waals surface area contributed by atoms with Gasteiger partial charge in [-0.25, -0.2) is 4.98 Å². The number of quaternary nitrogens is 1. The first-order chi connectivity index (χ1) is 7.92. The Morgan fingerprint density at radius 3 is 3.00 bits per heavy atom. The van der Waals surface area contributed by atoms with Gasteiger partial charge in [0.25, 0.3) is 0 Å². The van der Waals surface area contributed by atoms with Crippen LogP contribution in [0.15, 0.2) is 30.6 Å². The predicted molar refractivity (Wildman–Crippen MR) is 60.4 cm³/mol. The summed E-state index contributed by atoms with van der Waals surface area (Å²) in [6, 6.07) is 6.09. The standard InChI is InChI=1S/C12H15N3O/c1-2-4-15-10-11(13-12(15)3-1)9-14-5-7-16-8-6-14/h1-4,10H,5-9H2/p+1. The van der Waals surface area contributed by atoms with Gasteiger partial charge in [-0.1, -0.05) is 6.07 Å². The summed E-state index contributed by atoms with van der Waals surface area (Å²) in [5, 5.41) is 0. The molecule has 0 aliphatic carbocycles. The smallest absolute Gasteiger partial charge is 0.137 e. The summed E-state index contributed by atoms with van der Waals surface area (Å²) in [5.41, 5.74) is 2.20. The maximum atomic E-state index is 5.35. The SMILES string of the molecule is c1ccn2cc(C[NH+]3CCOCC3)nc2c1. The number of pyridine rings is 1. The molecule has 0 radical (unpaired) electrons. The minimum absolute atomic E-state index is 0.878. The van der Waals surface area contributed by atoms with Crippen LogP contribution in [0.25, 0.3) is 5.65 Å². The van der Waals surface area contributed by atoms with E-state index in [4.69, 9.17) is 4.74 Å². The summed E-state index contributed by atoms with van der Waals surface area (Å²) in [7, 11) is 0. The molecule has 16 heavy (non-hydrogen) atoms. The van der Waals surface area contributed by atoms with E-state index in [-0.39, 0.29) is 0 Å². The Balaban J connectivity index is 1.78. The van der Waals surface area contributed by atoms with E-state index >= 15 is 0 Å². The molecule has 0 atom stereocenters. The lowest BCUT2D eigenvalue weighted by molar-refractivity contribution is -0.921. The van der Waals surface area contributed by atoms with E-state index in [0.717, 1.165) is 38.5 Å². The van der Waals surface area contributed by atoms with Crippen LogP contribution in [0, 0.1) is 0 Å². The first-order valence-electron chi connectivity index (χ1n) is 5.76. The maximum Gasteiger partial charge on any atom is 0.137 e. The first-order valence-corrected chi connectivity index (χ1v) is 5.76. The van der Waals surface area contributed by atoms with E-state index in [2.05, 4.69) is 15.6 Å². The quantitative estimate of drug-likeness (QED) is 0.753. The van der Waals surface area contributed by atoms with Gasteiger partial charge in [0.1, 0.15) is 31.0 Å². The molecule has 3 rings (SSSR count). The van der Waals surface area contributed by atoms with E-state index in [1.807, 2.05) is 24.4 Å². The summed E-state index contributed by atoms with van der Waals surface area (Å²) in [6.45, 7) is 4.94. The van der Waals surface area contributed by atoms with Gasteiger partial charge >= 0.3 is 0 Å². The zero-order chi connectivity index (χ0) is 10.8. The topological polar surface area (TPSA) is 31.0 Å². The molecule has 0 spiro atoms. The Morgan fingerprint density at radius 2 is 2.19 bits per heavy atom. The van der Waals surface area contributed by atoms with Crippen molar-refractivity contribution in [2.24, 2.45) is 0 Å². The van der Waals surface area contributed by atoms with Gasteiger partial charge in [0.05, 0.1) is 13.2 Å². The van der Waals surface area contributed by atoms with Crippen LogP contribution in [0.2, 0.25) is 0 Å².